The molecule has 21 heavy (non-hydrogen) atoms. The third-order valence-corrected chi connectivity index (χ3v) is 3.50. The number of halogens is 2. The van der Waals surface area contributed by atoms with Crippen molar-refractivity contribution in [2.24, 2.45) is 0 Å². The molecule has 0 aliphatic carbocycles. The highest BCUT2D eigenvalue weighted by Crippen LogP contribution is 2.26. The molecule has 1 aliphatic rings. The van der Waals surface area contributed by atoms with Crippen molar-refractivity contribution >= 4 is 47.2 Å². The Kier molecular flexibility index (Phi) is 6.95. The monoisotopic (exact) mass is 331 g/mol. The molecule has 1 atom stereocenters. The Balaban J connectivity index is 0.00000220. The molecule has 2 amide bonds. The molecule has 1 unspecified atom stereocenters. The molecule has 1 aromatic carbocycles. The van der Waals surface area contributed by atoms with E-state index in [1.807, 2.05) is 0 Å². The maximum absolute atomic E-state index is 12.1. The van der Waals surface area contributed by atoms with Crippen LogP contribution in [0.25, 0.3) is 0 Å². The maximum Gasteiger partial charge on any atom is 0.241 e. The molecule has 1 aliphatic heterocycles. The Hall–Kier alpha value is -1.30. The van der Waals surface area contributed by atoms with Crippen molar-refractivity contribution < 1.29 is 9.59 Å². The van der Waals surface area contributed by atoms with Crippen molar-refractivity contribution in [3.05, 3.63) is 23.2 Å². The van der Waals surface area contributed by atoms with Gasteiger partial charge >= 0.3 is 0 Å². The van der Waals surface area contributed by atoms with Crippen molar-refractivity contribution in [1.29, 1.82) is 0 Å². The fourth-order valence-electron chi connectivity index (χ4n) is 2.20. The van der Waals surface area contributed by atoms with E-state index in [0.29, 0.717) is 16.4 Å². The van der Waals surface area contributed by atoms with Gasteiger partial charge in [-0.3, -0.25) is 9.59 Å². The second-order valence-electron chi connectivity index (χ2n) is 4.87. The summed E-state index contributed by atoms with van der Waals surface area (Å²) < 4.78 is 0. The van der Waals surface area contributed by atoms with Gasteiger partial charge in [0.05, 0.1) is 16.8 Å². The molecule has 0 saturated carbocycles. The van der Waals surface area contributed by atoms with Crippen molar-refractivity contribution in [3.8, 4) is 0 Å². The lowest BCUT2D eigenvalue weighted by atomic mass is 10.0. The molecule has 7 heteroatoms. The van der Waals surface area contributed by atoms with Gasteiger partial charge in [-0.15, -0.1) is 12.4 Å². The van der Waals surface area contributed by atoms with E-state index in [9.17, 15) is 9.59 Å². The van der Waals surface area contributed by atoms with Crippen LogP contribution < -0.4 is 16.0 Å². The predicted molar refractivity (Wildman–Crippen MR) is 87.3 cm³/mol. The van der Waals surface area contributed by atoms with Crippen molar-refractivity contribution in [3.63, 3.8) is 0 Å². The van der Waals surface area contributed by atoms with E-state index in [1.165, 1.54) is 6.92 Å². The Bertz CT molecular complexity index is 517. The lowest BCUT2D eigenvalue weighted by Gasteiger charge is -2.22. The van der Waals surface area contributed by atoms with Crippen LogP contribution in [0.15, 0.2) is 18.2 Å². The molecule has 0 bridgehead atoms. The summed E-state index contributed by atoms with van der Waals surface area (Å²) in [6.07, 6.45) is 2.97. The zero-order valence-corrected chi connectivity index (χ0v) is 13.3. The number of amides is 2. The van der Waals surface area contributed by atoms with Crippen molar-refractivity contribution in [2.75, 3.05) is 17.2 Å². The molecule has 116 valence electrons. The minimum atomic E-state index is -0.177. The van der Waals surface area contributed by atoms with E-state index in [2.05, 4.69) is 16.0 Å². The number of rotatable bonds is 3. The first-order chi connectivity index (χ1) is 9.56. The van der Waals surface area contributed by atoms with Gasteiger partial charge in [-0.1, -0.05) is 18.0 Å². The van der Waals surface area contributed by atoms with E-state index in [4.69, 9.17) is 11.6 Å². The number of benzene rings is 1. The SMILES string of the molecule is CC(=O)Nc1ccc(Cl)c(NC(=O)C2CCCCN2)c1.Cl. The Morgan fingerprint density at radius 1 is 1.29 bits per heavy atom. The van der Waals surface area contributed by atoms with Crippen LogP contribution in [0, 0.1) is 0 Å². The van der Waals surface area contributed by atoms with Crippen molar-refractivity contribution in [1.82, 2.24) is 5.32 Å². The third-order valence-electron chi connectivity index (χ3n) is 3.17. The van der Waals surface area contributed by atoms with Gasteiger partial charge in [-0.25, -0.2) is 0 Å². The second kappa shape index (κ2) is 8.22. The molecule has 1 fully saturated rings. The lowest BCUT2D eigenvalue weighted by Crippen LogP contribution is -2.43. The normalized spacial score (nSPS) is 17.5. The topological polar surface area (TPSA) is 70.2 Å². The average Bonchev–Trinajstić information content (AvgIpc) is 2.43. The van der Waals surface area contributed by atoms with Crippen molar-refractivity contribution in [2.45, 2.75) is 32.2 Å². The lowest BCUT2D eigenvalue weighted by molar-refractivity contribution is -0.118. The largest absolute Gasteiger partial charge is 0.326 e. The molecule has 2 rings (SSSR count). The number of piperidine rings is 1. The molecule has 1 heterocycles. The van der Waals surface area contributed by atoms with Gasteiger partial charge in [-0.2, -0.15) is 0 Å². The molecular weight excluding hydrogens is 313 g/mol. The third kappa shape index (κ3) is 5.19. The molecule has 5 nitrogen and oxygen atoms in total. The molecule has 3 N–H and O–H groups in total. The summed E-state index contributed by atoms with van der Waals surface area (Å²) in [6, 6.07) is 4.82. The van der Waals surface area contributed by atoms with Crippen LogP contribution in [0.5, 0.6) is 0 Å². The van der Waals surface area contributed by atoms with E-state index in [-0.39, 0.29) is 30.3 Å². The number of anilines is 2. The molecule has 0 radical (unpaired) electrons. The van der Waals surface area contributed by atoms with Crippen LogP contribution in [0.1, 0.15) is 26.2 Å². The van der Waals surface area contributed by atoms with Crippen LogP contribution in [-0.4, -0.2) is 24.4 Å². The van der Waals surface area contributed by atoms with E-state index in [1.54, 1.807) is 18.2 Å². The summed E-state index contributed by atoms with van der Waals surface area (Å²) in [5.41, 5.74) is 1.11. The standard InChI is InChI=1S/C14H18ClN3O2.ClH/c1-9(19)17-10-5-6-11(15)13(8-10)18-14(20)12-4-2-3-7-16-12;/h5-6,8,12,16H,2-4,7H2,1H3,(H,17,19)(H,18,20);1H. The first kappa shape index (κ1) is 17.8. The molecular formula is C14H19Cl2N3O2. The van der Waals surface area contributed by atoms with Crippen LogP contribution >= 0.6 is 24.0 Å². The van der Waals surface area contributed by atoms with E-state index >= 15 is 0 Å². The first-order valence-corrected chi connectivity index (χ1v) is 7.05. The summed E-state index contributed by atoms with van der Waals surface area (Å²) in [6.45, 7) is 2.29. The summed E-state index contributed by atoms with van der Waals surface area (Å²) in [4.78, 5) is 23.2. The molecule has 0 aromatic heterocycles. The Morgan fingerprint density at radius 3 is 2.67 bits per heavy atom. The minimum absolute atomic E-state index is 0. The average molecular weight is 332 g/mol. The highest BCUT2D eigenvalue weighted by atomic mass is 35.5. The highest BCUT2D eigenvalue weighted by molar-refractivity contribution is 6.34. The number of hydrogen-bond donors (Lipinski definition) is 3. The first-order valence-electron chi connectivity index (χ1n) is 6.67. The highest BCUT2D eigenvalue weighted by Gasteiger charge is 2.21. The quantitative estimate of drug-likeness (QED) is 0.797. The molecule has 1 saturated heterocycles. The minimum Gasteiger partial charge on any atom is -0.326 e. The van der Waals surface area contributed by atoms with Crippen LogP contribution in [0.2, 0.25) is 5.02 Å². The number of carbonyl (C=O) groups is 2. The van der Waals surface area contributed by atoms with E-state index in [0.717, 1.165) is 25.8 Å². The zero-order valence-electron chi connectivity index (χ0n) is 11.7. The molecule has 0 spiro atoms. The molecule has 1 aromatic rings. The second-order valence-corrected chi connectivity index (χ2v) is 5.27. The maximum atomic E-state index is 12.1. The van der Waals surface area contributed by atoms with E-state index < -0.39 is 0 Å². The summed E-state index contributed by atoms with van der Waals surface area (Å²) in [5.74, 6) is -0.259. The van der Waals surface area contributed by atoms with Gasteiger partial charge in [0.15, 0.2) is 0 Å². The summed E-state index contributed by atoms with van der Waals surface area (Å²) >= 11 is 6.07. The smallest absolute Gasteiger partial charge is 0.241 e. The number of carbonyl (C=O) groups excluding carboxylic acids is 2. The van der Waals surface area contributed by atoms with Crippen LogP contribution in [0.4, 0.5) is 11.4 Å². The number of nitrogens with one attached hydrogen (secondary N) is 3. The summed E-state index contributed by atoms with van der Waals surface area (Å²) in [7, 11) is 0. The fraction of sp³-hybridized carbons (Fsp3) is 0.429. The van der Waals surface area contributed by atoms with Gasteiger partial charge in [0.25, 0.3) is 0 Å². The Labute approximate surface area is 135 Å². The van der Waals surface area contributed by atoms with Gasteiger partial charge in [0.1, 0.15) is 0 Å². The van der Waals surface area contributed by atoms with Crippen LogP contribution in [-0.2, 0) is 9.59 Å². The van der Waals surface area contributed by atoms with Crippen LogP contribution in [0.3, 0.4) is 0 Å². The van der Waals surface area contributed by atoms with Gasteiger partial charge in [0.2, 0.25) is 11.8 Å². The van der Waals surface area contributed by atoms with Gasteiger partial charge in [0, 0.05) is 12.6 Å². The predicted octanol–water partition coefficient (Wildman–Crippen LogP) is 2.80. The summed E-state index contributed by atoms with van der Waals surface area (Å²) in [5, 5.41) is 9.10. The number of hydrogen-bond acceptors (Lipinski definition) is 3. The zero-order chi connectivity index (χ0) is 14.5. The fourth-order valence-corrected chi connectivity index (χ4v) is 2.36. The van der Waals surface area contributed by atoms with Gasteiger partial charge < -0.3 is 16.0 Å². The van der Waals surface area contributed by atoms with Gasteiger partial charge in [-0.05, 0) is 37.6 Å². The Morgan fingerprint density at radius 2 is 2.05 bits per heavy atom.